The molecule has 2 amide bonds. The molecule has 1 saturated heterocycles. The zero-order valence-electron chi connectivity index (χ0n) is 19.9. The van der Waals surface area contributed by atoms with Gasteiger partial charge in [-0.15, -0.1) is 11.3 Å². The summed E-state index contributed by atoms with van der Waals surface area (Å²) < 4.78 is 19.2. The lowest BCUT2D eigenvalue weighted by atomic mass is 10.1. The summed E-state index contributed by atoms with van der Waals surface area (Å²) >= 11 is 14.0. The summed E-state index contributed by atoms with van der Waals surface area (Å²) in [4.78, 5) is 32.5. The van der Waals surface area contributed by atoms with Gasteiger partial charge in [0.25, 0.3) is 5.91 Å². The average Bonchev–Trinajstić information content (AvgIpc) is 3.50. The molecule has 2 aromatic carbocycles. The fourth-order valence-corrected chi connectivity index (χ4v) is 5.55. The van der Waals surface area contributed by atoms with E-state index in [-0.39, 0.29) is 47.4 Å². The summed E-state index contributed by atoms with van der Waals surface area (Å²) in [5, 5.41) is 0.657. The van der Waals surface area contributed by atoms with E-state index in [2.05, 4.69) is 0 Å². The summed E-state index contributed by atoms with van der Waals surface area (Å²) in [7, 11) is 0. The van der Waals surface area contributed by atoms with Crippen molar-refractivity contribution >= 4 is 46.4 Å². The van der Waals surface area contributed by atoms with E-state index >= 15 is 0 Å². The van der Waals surface area contributed by atoms with Crippen molar-refractivity contribution in [1.82, 2.24) is 9.80 Å². The first-order chi connectivity index (χ1) is 17.3. The van der Waals surface area contributed by atoms with Gasteiger partial charge in [-0.25, -0.2) is 4.39 Å². The Kier molecular flexibility index (Phi) is 9.01. The first-order valence-corrected chi connectivity index (χ1v) is 13.3. The molecule has 36 heavy (non-hydrogen) atoms. The molecular weight excluding hydrogens is 522 g/mol. The van der Waals surface area contributed by atoms with Gasteiger partial charge < -0.3 is 14.5 Å². The monoisotopic (exact) mass is 548 g/mol. The number of carbonyl (C=O) groups is 2. The van der Waals surface area contributed by atoms with Crippen LogP contribution in [-0.4, -0.2) is 47.4 Å². The molecule has 2 heterocycles. The highest BCUT2D eigenvalue weighted by Crippen LogP contribution is 2.24. The molecule has 5 nitrogen and oxygen atoms in total. The van der Waals surface area contributed by atoms with Crippen LogP contribution in [0.15, 0.2) is 54.6 Å². The molecule has 0 spiro atoms. The topological polar surface area (TPSA) is 49.9 Å². The molecule has 0 bridgehead atoms. The smallest absolute Gasteiger partial charge is 0.255 e. The molecule has 1 aliphatic heterocycles. The number of halogens is 3. The zero-order chi connectivity index (χ0) is 25.7. The maximum Gasteiger partial charge on any atom is 0.255 e. The predicted molar refractivity (Wildman–Crippen MR) is 141 cm³/mol. The Labute approximate surface area is 224 Å². The van der Waals surface area contributed by atoms with E-state index in [0.717, 1.165) is 28.2 Å². The SMILES string of the molecule is Cc1ccc(CN(Cc2ccc(F)cc2)C(=O)CN(CC2CCCO2)C(=O)c2ccc(Cl)cc2Cl)s1. The Morgan fingerprint density at radius 1 is 1.06 bits per heavy atom. The molecule has 1 aromatic heterocycles. The van der Waals surface area contributed by atoms with Gasteiger partial charge in [0.05, 0.1) is 23.2 Å². The lowest BCUT2D eigenvalue weighted by molar-refractivity contribution is -0.133. The fourth-order valence-electron chi connectivity index (χ4n) is 4.15. The molecule has 3 aromatic rings. The van der Waals surface area contributed by atoms with E-state index in [4.69, 9.17) is 27.9 Å². The number of thiophene rings is 1. The lowest BCUT2D eigenvalue weighted by Gasteiger charge is -2.29. The van der Waals surface area contributed by atoms with E-state index in [9.17, 15) is 14.0 Å². The summed E-state index contributed by atoms with van der Waals surface area (Å²) in [6.45, 7) is 3.47. The number of amides is 2. The summed E-state index contributed by atoms with van der Waals surface area (Å²) in [5.74, 6) is -0.908. The van der Waals surface area contributed by atoms with E-state index < -0.39 is 0 Å². The van der Waals surface area contributed by atoms with Gasteiger partial charge in [-0.1, -0.05) is 35.3 Å². The van der Waals surface area contributed by atoms with Crippen molar-refractivity contribution < 1.29 is 18.7 Å². The predicted octanol–water partition coefficient (Wildman–Crippen LogP) is 6.35. The highest BCUT2D eigenvalue weighted by Gasteiger charge is 2.28. The van der Waals surface area contributed by atoms with Gasteiger partial charge in [0.15, 0.2) is 0 Å². The number of hydrogen-bond acceptors (Lipinski definition) is 4. The first-order valence-electron chi connectivity index (χ1n) is 11.7. The highest BCUT2D eigenvalue weighted by atomic mass is 35.5. The average molecular weight is 549 g/mol. The maximum absolute atomic E-state index is 13.7. The standard InChI is InChI=1S/C27H27Cl2FN2O3S/c1-18-4-10-23(36-18)16-31(14-19-5-8-21(30)9-6-19)26(33)17-32(15-22-3-2-12-35-22)27(34)24-11-7-20(28)13-25(24)29/h4-11,13,22H,2-3,12,14-17H2,1H3. The van der Waals surface area contributed by atoms with Gasteiger partial charge in [-0.2, -0.15) is 0 Å². The molecule has 1 fully saturated rings. The van der Waals surface area contributed by atoms with Crippen molar-refractivity contribution in [2.24, 2.45) is 0 Å². The number of nitrogens with zero attached hydrogens (tertiary/aromatic N) is 2. The number of carbonyl (C=O) groups excluding carboxylic acids is 2. The normalized spacial score (nSPS) is 15.2. The van der Waals surface area contributed by atoms with Crippen molar-refractivity contribution in [2.75, 3.05) is 19.7 Å². The van der Waals surface area contributed by atoms with Crippen molar-refractivity contribution in [2.45, 2.75) is 39.0 Å². The minimum atomic E-state index is -0.353. The van der Waals surface area contributed by atoms with Crippen LogP contribution in [0.4, 0.5) is 4.39 Å². The summed E-state index contributed by atoms with van der Waals surface area (Å²) in [5.41, 5.74) is 1.08. The van der Waals surface area contributed by atoms with Crippen LogP contribution in [-0.2, 0) is 22.6 Å². The zero-order valence-corrected chi connectivity index (χ0v) is 22.2. The van der Waals surface area contributed by atoms with Gasteiger partial charge >= 0.3 is 0 Å². The summed E-state index contributed by atoms with van der Waals surface area (Å²) in [6, 6.07) is 14.8. The quantitative estimate of drug-likeness (QED) is 0.313. The van der Waals surface area contributed by atoms with Crippen LogP contribution in [0.2, 0.25) is 10.0 Å². The van der Waals surface area contributed by atoms with Crippen LogP contribution < -0.4 is 0 Å². The largest absolute Gasteiger partial charge is 0.376 e. The van der Waals surface area contributed by atoms with Crippen LogP contribution in [0.1, 0.15) is 38.5 Å². The molecule has 1 unspecified atom stereocenters. The van der Waals surface area contributed by atoms with Crippen LogP contribution >= 0.6 is 34.5 Å². The minimum Gasteiger partial charge on any atom is -0.376 e. The first kappa shape index (κ1) is 26.6. The highest BCUT2D eigenvalue weighted by molar-refractivity contribution is 7.11. The molecule has 190 valence electrons. The van der Waals surface area contributed by atoms with E-state index in [0.29, 0.717) is 24.7 Å². The van der Waals surface area contributed by atoms with Gasteiger partial charge in [-0.05, 0) is 67.8 Å². The third kappa shape index (κ3) is 7.07. The molecule has 4 rings (SSSR count). The van der Waals surface area contributed by atoms with Gasteiger partial charge in [-0.3, -0.25) is 9.59 Å². The van der Waals surface area contributed by atoms with E-state index in [1.165, 1.54) is 23.1 Å². The van der Waals surface area contributed by atoms with Crippen LogP contribution in [0, 0.1) is 12.7 Å². The Bertz CT molecular complexity index is 1210. The molecule has 1 atom stereocenters. The third-order valence-electron chi connectivity index (χ3n) is 6.00. The van der Waals surface area contributed by atoms with Crippen LogP contribution in [0.3, 0.4) is 0 Å². The number of rotatable bonds is 9. The Balaban J connectivity index is 1.57. The second-order valence-electron chi connectivity index (χ2n) is 8.83. The van der Waals surface area contributed by atoms with E-state index in [1.54, 1.807) is 40.5 Å². The van der Waals surface area contributed by atoms with Gasteiger partial charge in [0.2, 0.25) is 5.91 Å². The van der Waals surface area contributed by atoms with Crippen molar-refractivity contribution in [1.29, 1.82) is 0 Å². The minimum absolute atomic E-state index is 0.136. The number of benzene rings is 2. The van der Waals surface area contributed by atoms with Crippen LogP contribution in [0.25, 0.3) is 0 Å². The van der Waals surface area contributed by atoms with E-state index in [1.807, 2.05) is 19.1 Å². The van der Waals surface area contributed by atoms with Crippen molar-refractivity contribution in [3.8, 4) is 0 Å². The molecular formula is C27H27Cl2FN2O3S. The number of hydrogen-bond donors (Lipinski definition) is 0. The maximum atomic E-state index is 13.7. The van der Waals surface area contributed by atoms with Crippen LogP contribution in [0.5, 0.6) is 0 Å². The molecule has 0 saturated carbocycles. The third-order valence-corrected chi connectivity index (χ3v) is 7.54. The van der Waals surface area contributed by atoms with Crippen molar-refractivity contribution in [3.63, 3.8) is 0 Å². The number of ether oxygens (including phenoxy) is 1. The molecule has 1 aliphatic rings. The Morgan fingerprint density at radius 3 is 2.47 bits per heavy atom. The van der Waals surface area contributed by atoms with Gasteiger partial charge in [0, 0.05) is 34.5 Å². The molecule has 0 radical (unpaired) electrons. The Morgan fingerprint density at radius 2 is 1.83 bits per heavy atom. The number of aryl methyl sites for hydroxylation is 1. The lowest BCUT2D eigenvalue weighted by Crippen LogP contribution is -2.45. The van der Waals surface area contributed by atoms with Gasteiger partial charge in [0.1, 0.15) is 12.4 Å². The van der Waals surface area contributed by atoms with Crippen molar-refractivity contribution in [3.05, 3.63) is 91.3 Å². The molecule has 0 aliphatic carbocycles. The second kappa shape index (κ2) is 12.2. The molecule has 9 heteroatoms. The fraction of sp³-hybridized carbons (Fsp3) is 0.333. The Hall–Kier alpha value is -2.45. The summed E-state index contributed by atoms with van der Waals surface area (Å²) in [6.07, 6.45) is 1.59. The molecule has 0 N–H and O–H groups in total. The second-order valence-corrected chi connectivity index (χ2v) is 11.0.